The zero-order valence-corrected chi connectivity index (χ0v) is 50.1. The monoisotopic (exact) mass is 973 g/mol. The van der Waals surface area contributed by atoms with Gasteiger partial charge in [-0.25, -0.2) is 0 Å². The van der Waals surface area contributed by atoms with E-state index in [0.717, 1.165) is 0 Å². The summed E-state index contributed by atoms with van der Waals surface area (Å²) in [6, 6.07) is 31.2. The van der Waals surface area contributed by atoms with Crippen molar-refractivity contribution >= 4 is 36.5 Å². The van der Waals surface area contributed by atoms with Gasteiger partial charge < -0.3 is 0 Å². The summed E-state index contributed by atoms with van der Waals surface area (Å²) in [5.41, 5.74) is 16.2. The molecular formula is C68H100Si2. The molecule has 8 rings (SSSR count). The molecule has 380 valence electrons. The van der Waals surface area contributed by atoms with E-state index < -0.39 is 15.8 Å². The molecule has 4 aromatic carbocycles. The number of rotatable bonds is 20. The van der Waals surface area contributed by atoms with Gasteiger partial charge >= 0.3 is 0 Å². The lowest BCUT2D eigenvalue weighted by Gasteiger charge is -2.39. The van der Waals surface area contributed by atoms with Crippen LogP contribution in [0.15, 0.2) is 72.8 Å². The molecule has 0 bridgehead atoms. The molecule has 0 heterocycles. The molecule has 4 aromatic rings. The first-order valence-corrected chi connectivity index (χ1v) is 34.0. The third-order valence-corrected chi connectivity index (χ3v) is 32.5. The SMILES string of the molecule is CCC1(CC)CC(CC)(CC)c2c1cc1c(c2/[Si](c2ccccc2)=[Si](\c2ccccc2)c2c3c(cc4c2C(CC)(CC)CC4(CC)CC)C(CC)(CC)CC3(CC)CC)C(CC)(CC)CC1(CC)CC. The topological polar surface area (TPSA) is 0 Å². The molecule has 4 aliphatic rings. The normalized spacial score (nSPS) is 21.3. The van der Waals surface area contributed by atoms with Gasteiger partial charge in [-0.2, -0.15) is 0 Å². The first kappa shape index (κ1) is 53.6. The van der Waals surface area contributed by atoms with Crippen LogP contribution in [0.3, 0.4) is 0 Å². The molecule has 0 atom stereocenters. The molecule has 0 N–H and O–H groups in total. The first-order chi connectivity index (χ1) is 33.7. The summed E-state index contributed by atoms with van der Waals surface area (Å²) >= 11 is 0. The lowest BCUT2D eigenvalue weighted by Crippen LogP contribution is -2.58. The van der Waals surface area contributed by atoms with Crippen molar-refractivity contribution in [1.82, 2.24) is 0 Å². The van der Waals surface area contributed by atoms with Gasteiger partial charge in [-0.15, -0.1) is 0 Å². The van der Waals surface area contributed by atoms with Crippen LogP contribution in [0.5, 0.6) is 0 Å². The van der Waals surface area contributed by atoms with Crippen LogP contribution in [0.1, 0.15) is 284 Å². The Bertz CT molecular complexity index is 2220. The fourth-order valence-electron chi connectivity index (χ4n) is 18.0. The van der Waals surface area contributed by atoms with Crippen LogP contribution >= 0.6 is 0 Å². The molecule has 0 aliphatic heterocycles. The van der Waals surface area contributed by atoms with Crippen LogP contribution in [-0.2, 0) is 43.3 Å². The summed E-state index contributed by atoms with van der Waals surface area (Å²) < 4.78 is 0. The Balaban J connectivity index is 1.82. The quantitative estimate of drug-likeness (QED) is 0.0774. The first-order valence-electron chi connectivity index (χ1n) is 30.0. The van der Waals surface area contributed by atoms with E-state index in [1.807, 2.05) is 32.6 Å². The van der Waals surface area contributed by atoms with E-state index in [1.165, 1.54) is 128 Å². The summed E-state index contributed by atoms with van der Waals surface area (Å²) in [4.78, 5) is 0. The molecule has 0 saturated heterocycles. The van der Waals surface area contributed by atoms with E-state index in [1.54, 1.807) is 32.6 Å². The Labute approximate surface area is 434 Å². The van der Waals surface area contributed by atoms with Gasteiger partial charge in [0.2, 0.25) is 0 Å². The second-order valence-electron chi connectivity index (χ2n) is 24.3. The van der Waals surface area contributed by atoms with Crippen molar-refractivity contribution < 1.29 is 0 Å². The van der Waals surface area contributed by atoms with Crippen LogP contribution in [0, 0.1) is 0 Å². The van der Waals surface area contributed by atoms with Gasteiger partial charge in [0.15, 0.2) is 0 Å². The van der Waals surface area contributed by atoms with Gasteiger partial charge in [-0.3, -0.25) is 0 Å². The lowest BCUT2D eigenvalue weighted by molar-refractivity contribution is 0.278. The molecule has 0 radical (unpaired) electrons. The number of hydrogen-bond acceptors (Lipinski definition) is 0. The van der Waals surface area contributed by atoms with Gasteiger partial charge in [0.25, 0.3) is 0 Å². The summed E-state index contributed by atoms with van der Waals surface area (Å²) in [6.45, 7) is 41.4. The molecule has 70 heavy (non-hydrogen) atoms. The van der Waals surface area contributed by atoms with Gasteiger partial charge in [0.1, 0.15) is 0 Å². The molecular weight excluding hydrogens is 873 g/mol. The van der Waals surface area contributed by atoms with Crippen LogP contribution in [0.2, 0.25) is 0 Å². The molecule has 0 saturated carbocycles. The molecule has 2 heteroatoms. The molecule has 0 fully saturated rings. The van der Waals surface area contributed by atoms with Gasteiger partial charge in [0, 0.05) is 0 Å². The van der Waals surface area contributed by atoms with Crippen LogP contribution < -0.4 is 20.7 Å². The minimum absolute atomic E-state index is 0.157. The minimum atomic E-state index is -1.57. The lowest BCUT2D eigenvalue weighted by atomic mass is 9.70. The van der Waals surface area contributed by atoms with E-state index in [4.69, 9.17) is 0 Å². The van der Waals surface area contributed by atoms with Crippen LogP contribution in [0.25, 0.3) is 0 Å². The largest absolute Gasteiger partial charge is 0.0694 e. The Morgan fingerprint density at radius 2 is 0.457 bits per heavy atom. The highest BCUT2D eigenvalue weighted by Gasteiger charge is 2.60. The number of hydrogen-bond donors (Lipinski definition) is 0. The van der Waals surface area contributed by atoms with E-state index in [2.05, 4.69) is 184 Å². The predicted octanol–water partition coefficient (Wildman–Crippen LogP) is 16.8. The van der Waals surface area contributed by atoms with E-state index in [0.29, 0.717) is 0 Å². The van der Waals surface area contributed by atoms with Crippen molar-refractivity contribution in [2.75, 3.05) is 0 Å². The van der Waals surface area contributed by atoms with Gasteiger partial charge in [-0.05, 0) is 237 Å². The van der Waals surface area contributed by atoms with Crippen LogP contribution in [-0.4, -0.2) is 15.8 Å². The number of fused-ring (bicyclic) bond motifs is 4. The van der Waals surface area contributed by atoms with E-state index in [9.17, 15) is 0 Å². The summed E-state index contributed by atoms with van der Waals surface area (Å²) in [5, 5.41) is 7.28. The zero-order valence-electron chi connectivity index (χ0n) is 48.1. The maximum absolute atomic E-state index is 2.98. The summed E-state index contributed by atoms with van der Waals surface area (Å²) in [7, 11) is -3.15. The molecule has 0 amide bonds. The maximum atomic E-state index is 2.98. The van der Waals surface area contributed by atoms with Crippen molar-refractivity contribution in [3.63, 3.8) is 0 Å². The molecule has 4 aliphatic carbocycles. The Morgan fingerprint density at radius 1 is 0.271 bits per heavy atom. The Kier molecular flexibility index (Phi) is 15.2. The second-order valence-corrected chi connectivity index (χ2v) is 30.9. The predicted molar refractivity (Wildman–Crippen MR) is 312 cm³/mol. The van der Waals surface area contributed by atoms with E-state index >= 15 is 0 Å². The highest BCUT2D eigenvalue weighted by Crippen LogP contribution is 2.64. The summed E-state index contributed by atoms with van der Waals surface area (Å²) in [6.07, 6.45) is 24.9. The molecule has 0 aromatic heterocycles. The van der Waals surface area contributed by atoms with Gasteiger partial charge in [-0.1, -0.05) is 184 Å². The van der Waals surface area contributed by atoms with Crippen molar-refractivity contribution in [2.24, 2.45) is 0 Å². The highest BCUT2D eigenvalue weighted by molar-refractivity contribution is 7.19. The molecule has 0 spiro atoms. The van der Waals surface area contributed by atoms with Crippen molar-refractivity contribution in [1.29, 1.82) is 0 Å². The third kappa shape index (κ3) is 7.23. The standard InChI is InChI=1S/C68H100Si2/c1-17-61(18-2)45-65(25-9,26-10)55-51(61)43-52-56(66(27-11,28-12)46-62(52,19-3)20-4)59(55)69(49-39-35-33-36-40-49)70(50-41-37-34-38-42-50)60-57-53(63(21-5,22-6)47-67(57,29-13)30-14)44-54-58(60)68(31-15,32-16)48-64(54,23-7)24-8/h33-44H,17-32,45-48H2,1-16H3/b70-69+. The average molecular weight is 974 g/mol. The highest BCUT2D eigenvalue weighted by atomic mass is 28.9. The third-order valence-electron chi connectivity index (χ3n) is 23.5. The average Bonchev–Trinajstić information content (AvgIpc) is 4.10. The smallest absolute Gasteiger partial charge is 0.0645 e. The van der Waals surface area contributed by atoms with Crippen molar-refractivity contribution in [3.05, 3.63) is 117 Å². The number of benzene rings is 4. The molecule has 0 nitrogen and oxygen atoms in total. The zero-order chi connectivity index (χ0) is 50.7. The van der Waals surface area contributed by atoms with Gasteiger partial charge in [0.05, 0.1) is 15.8 Å². The Morgan fingerprint density at radius 3 is 0.629 bits per heavy atom. The van der Waals surface area contributed by atoms with Crippen LogP contribution in [0.4, 0.5) is 0 Å². The second kappa shape index (κ2) is 19.9. The molecule has 0 unspecified atom stereocenters. The van der Waals surface area contributed by atoms with Crippen molar-refractivity contribution in [2.45, 2.75) is 283 Å². The van der Waals surface area contributed by atoms with E-state index in [-0.39, 0.29) is 43.3 Å². The Hall–Kier alpha value is -2.69. The summed E-state index contributed by atoms with van der Waals surface area (Å²) in [5.74, 6) is 0. The minimum Gasteiger partial charge on any atom is -0.0645 e. The fraction of sp³-hybridized carbons (Fsp3) is 0.647. The van der Waals surface area contributed by atoms with Crippen molar-refractivity contribution in [3.8, 4) is 0 Å². The maximum Gasteiger partial charge on any atom is 0.0694 e. The fourth-order valence-corrected chi connectivity index (χ4v) is 29.1.